The molecule has 0 bridgehead atoms. The molecule has 0 saturated heterocycles. The summed E-state index contributed by atoms with van der Waals surface area (Å²) in [5.74, 6) is 1.72. The van der Waals surface area contributed by atoms with Crippen molar-refractivity contribution >= 4 is 0 Å². The molecule has 1 heteroatoms. The minimum atomic E-state index is 0.785. The predicted octanol–water partition coefficient (Wildman–Crippen LogP) is 2.99. The van der Waals surface area contributed by atoms with Crippen LogP contribution in [0.2, 0.25) is 0 Å². The van der Waals surface area contributed by atoms with E-state index in [2.05, 4.69) is 18.2 Å². The van der Waals surface area contributed by atoms with E-state index >= 15 is 0 Å². The summed E-state index contributed by atoms with van der Waals surface area (Å²) in [7, 11) is 0. The van der Waals surface area contributed by atoms with Crippen LogP contribution in [0.15, 0.2) is 23.9 Å². The van der Waals surface area contributed by atoms with Crippen LogP contribution in [0, 0.1) is 11.8 Å². The third-order valence-electron chi connectivity index (χ3n) is 3.42. The Kier molecular flexibility index (Phi) is 2.72. The van der Waals surface area contributed by atoms with Gasteiger partial charge in [-0.1, -0.05) is 31.4 Å². The first-order valence-electron chi connectivity index (χ1n) is 5.50. The van der Waals surface area contributed by atoms with E-state index in [4.69, 9.17) is 5.73 Å². The molecule has 1 unspecified atom stereocenters. The van der Waals surface area contributed by atoms with Crippen LogP contribution in [0.4, 0.5) is 0 Å². The van der Waals surface area contributed by atoms with Crippen molar-refractivity contribution < 1.29 is 0 Å². The van der Waals surface area contributed by atoms with Gasteiger partial charge in [-0.2, -0.15) is 0 Å². The molecule has 1 saturated carbocycles. The van der Waals surface area contributed by atoms with Crippen molar-refractivity contribution in [3.8, 4) is 0 Å². The summed E-state index contributed by atoms with van der Waals surface area (Å²) >= 11 is 0. The van der Waals surface area contributed by atoms with Gasteiger partial charge >= 0.3 is 0 Å². The maximum absolute atomic E-state index is 5.70. The van der Waals surface area contributed by atoms with E-state index in [-0.39, 0.29) is 0 Å². The highest BCUT2D eigenvalue weighted by molar-refractivity contribution is 5.20. The highest BCUT2D eigenvalue weighted by Crippen LogP contribution is 2.34. The van der Waals surface area contributed by atoms with Crippen LogP contribution < -0.4 is 5.73 Å². The molecule has 1 nitrogen and oxygen atoms in total. The van der Waals surface area contributed by atoms with E-state index < -0.39 is 0 Å². The maximum Gasteiger partial charge on any atom is 0.0270 e. The molecule has 1 atom stereocenters. The van der Waals surface area contributed by atoms with Gasteiger partial charge in [-0.05, 0) is 37.2 Å². The van der Waals surface area contributed by atoms with Gasteiger partial charge in [-0.3, -0.25) is 0 Å². The lowest BCUT2D eigenvalue weighted by Crippen LogP contribution is -2.18. The lowest BCUT2D eigenvalue weighted by molar-refractivity contribution is 0.285. The zero-order valence-corrected chi connectivity index (χ0v) is 8.21. The molecule has 13 heavy (non-hydrogen) atoms. The predicted molar refractivity (Wildman–Crippen MR) is 56.1 cm³/mol. The highest BCUT2D eigenvalue weighted by atomic mass is 14.6. The lowest BCUT2D eigenvalue weighted by atomic mass is 9.77. The Morgan fingerprint density at radius 3 is 2.54 bits per heavy atom. The van der Waals surface area contributed by atoms with Crippen LogP contribution in [-0.4, -0.2) is 0 Å². The Labute approximate surface area is 80.7 Å². The van der Waals surface area contributed by atoms with Crippen molar-refractivity contribution in [2.45, 2.75) is 38.5 Å². The first kappa shape index (κ1) is 8.86. The normalized spacial score (nSPS) is 30.2. The van der Waals surface area contributed by atoms with Gasteiger partial charge in [0.25, 0.3) is 0 Å². The molecule has 72 valence electrons. The van der Waals surface area contributed by atoms with Crippen LogP contribution in [0.5, 0.6) is 0 Å². The summed E-state index contributed by atoms with van der Waals surface area (Å²) in [6, 6.07) is 0. The quantitative estimate of drug-likeness (QED) is 0.654. The van der Waals surface area contributed by atoms with Gasteiger partial charge in [0.2, 0.25) is 0 Å². The second-order valence-corrected chi connectivity index (χ2v) is 4.36. The highest BCUT2D eigenvalue weighted by Gasteiger charge is 2.21. The second-order valence-electron chi connectivity index (χ2n) is 4.36. The number of hydrogen-bond donors (Lipinski definition) is 1. The van der Waals surface area contributed by atoms with Crippen molar-refractivity contribution in [2.24, 2.45) is 17.6 Å². The van der Waals surface area contributed by atoms with Gasteiger partial charge in [0.05, 0.1) is 0 Å². The first-order valence-corrected chi connectivity index (χ1v) is 5.50. The Morgan fingerprint density at radius 2 is 1.92 bits per heavy atom. The molecule has 0 aliphatic heterocycles. The second kappa shape index (κ2) is 3.99. The number of nitrogens with two attached hydrogens (primary N) is 1. The Hall–Kier alpha value is -0.720. The fraction of sp³-hybridized carbons (Fsp3) is 0.667. The van der Waals surface area contributed by atoms with Crippen LogP contribution >= 0.6 is 0 Å². The molecule has 0 spiro atoms. The molecule has 2 rings (SSSR count). The average Bonchev–Trinajstić information content (AvgIpc) is 2.20. The summed E-state index contributed by atoms with van der Waals surface area (Å²) in [6.45, 7) is 0. The third kappa shape index (κ3) is 2.15. The Balaban J connectivity index is 1.91. The minimum Gasteiger partial charge on any atom is -0.399 e. The summed E-state index contributed by atoms with van der Waals surface area (Å²) in [6.07, 6.45) is 15.0. The topological polar surface area (TPSA) is 26.0 Å². The van der Waals surface area contributed by atoms with E-state index in [0.29, 0.717) is 0 Å². The molecule has 2 N–H and O–H groups in total. The molecule has 2 aliphatic carbocycles. The SMILES string of the molecule is NC1=CCC(C2CCCCC2)C=C1. The van der Waals surface area contributed by atoms with E-state index in [9.17, 15) is 0 Å². The number of allylic oxidation sites excluding steroid dienone is 3. The first-order chi connectivity index (χ1) is 6.36. The van der Waals surface area contributed by atoms with Gasteiger partial charge in [-0.15, -0.1) is 0 Å². The van der Waals surface area contributed by atoms with Crippen LogP contribution in [0.25, 0.3) is 0 Å². The molecule has 2 aliphatic rings. The molecule has 0 heterocycles. The smallest absolute Gasteiger partial charge is 0.0270 e. The van der Waals surface area contributed by atoms with E-state index in [0.717, 1.165) is 17.5 Å². The minimum absolute atomic E-state index is 0.785. The van der Waals surface area contributed by atoms with Crippen LogP contribution in [-0.2, 0) is 0 Å². The van der Waals surface area contributed by atoms with Gasteiger partial charge < -0.3 is 5.73 Å². The summed E-state index contributed by atoms with van der Waals surface area (Å²) in [4.78, 5) is 0. The summed E-state index contributed by atoms with van der Waals surface area (Å²) in [5, 5.41) is 0. The number of rotatable bonds is 1. The zero-order chi connectivity index (χ0) is 9.10. The standard InChI is InChI=1S/C12H19N/c13-12-8-6-11(7-9-12)10-4-2-1-3-5-10/h6,8-11H,1-5,7,13H2. The zero-order valence-electron chi connectivity index (χ0n) is 8.21. The van der Waals surface area contributed by atoms with Gasteiger partial charge in [0.15, 0.2) is 0 Å². The fourth-order valence-electron chi connectivity index (χ4n) is 2.57. The van der Waals surface area contributed by atoms with E-state index in [1.54, 1.807) is 0 Å². The monoisotopic (exact) mass is 177 g/mol. The van der Waals surface area contributed by atoms with Crippen LogP contribution in [0.1, 0.15) is 38.5 Å². The van der Waals surface area contributed by atoms with Crippen molar-refractivity contribution in [3.05, 3.63) is 23.9 Å². The van der Waals surface area contributed by atoms with Crippen molar-refractivity contribution in [1.29, 1.82) is 0 Å². The van der Waals surface area contributed by atoms with Gasteiger partial charge in [0.1, 0.15) is 0 Å². The number of hydrogen-bond acceptors (Lipinski definition) is 1. The van der Waals surface area contributed by atoms with E-state index in [1.165, 1.54) is 38.5 Å². The molecule has 0 aromatic rings. The molecule has 1 fully saturated rings. The van der Waals surface area contributed by atoms with Crippen molar-refractivity contribution in [2.75, 3.05) is 0 Å². The molecule has 0 aromatic carbocycles. The molecule has 0 radical (unpaired) electrons. The van der Waals surface area contributed by atoms with Gasteiger partial charge in [-0.25, -0.2) is 0 Å². The van der Waals surface area contributed by atoms with Crippen LogP contribution in [0.3, 0.4) is 0 Å². The van der Waals surface area contributed by atoms with Crippen molar-refractivity contribution in [1.82, 2.24) is 0 Å². The largest absolute Gasteiger partial charge is 0.399 e. The Bertz CT molecular complexity index is 221. The summed E-state index contributed by atoms with van der Waals surface area (Å²) in [5.41, 5.74) is 6.65. The lowest BCUT2D eigenvalue weighted by Gasteiger charge is -2.28. The summed E-state index contributed by atoms with van der Waals surface area (Å²) < 4.78 is 0. The average molecular weight is 177 g/mol. The Morgan fingerprint density at radius 1 is 1.15 bits per heavy atom. The molecular weight excluding hydrogens is 158 g/mol. The van der Waals surface area contributed by atoms with Gasteiger partial charge in [0, 0.05) is 5.70 Å². The van der Waals surface area contributed by atoms with Crippen molar-refractivity contribution in [3.63, 3.8) is 0 Å². The third-order valence-corrected chi connectivity index (χ3v) is 3.42. The molecule has 0 amide bonds. The molecule has 0 aromatic heterocycles. The maximum atomic E-state index is 5.70. The van der Waals surface area contributed by atoms with E-state index in [1.807, 2.05) is 0 Å². The fourth-order valence-corrected chi connectivity index (χ4v) is 2.57. The molecular formula is C12H19N.